The third-order valence-electron chi connectivity index (χ3n) is 2.90. The third kappa shape index (κ3) is 7.80. The van der Waals surface area contributed by atoms with Crippen LogP contribution in [-0.2, 0) is 4.74 Å². The maximum Gasteiger partial charge on any atom is 0.0626 e. The molecule has 0 aromatic rings. The molecule has 0 aromatic carbocycles. The lowest BCUT2D eigenvalue weighted by molar-refractivity contribution is -0.0164. The van der Waals surface area contributed by atoms with Gasteiger partial charge in [0, 0.05) is 6.04 Å². The number of hydrogen-bond donors (Lipinski definition) is 1. The fraction of sp³-hybridized carbons (Fsp3) is 1.00. The molecule has 1 N–H and O–H groups in total. The first-order valence-electron chi connectivity index (χ1n) is 6.24. The Balaban J connectivity index is 3.92. The van der Waals surface area contributed by atoms with Gasteiger partial charge in [-0.05, 0) is 40.2 Å². The molecule has 92 valence electrons. The van der Waals surface area contributed by atoms with Crippen molar-refractivity contribution >= 4 is 0 Å². The van der Waals surface area contributed by atoms with Crippen LogP contribution in [0.3, 0.4) is 0 Å². The van der Waals surface area contributed by atoms with Crippen LogP contribution < -0.4 is 5.32 Å². The van der Waals surface area contributed by atoms with Gasteiger partial charge < -0.3 is 10.1 Å². The van der Waals surface area contributed by atoms with Crippen molar-refractivity contribution in [1.29, 1.82) is 0 Å². The van der Waals surface area contributed by atoms with E-state index in [0.29, 0.717) is 6.04 Å². The zero-order valence-electron chi connectivity index (χ0n) is 11.4. The zero-order valence-corrected chi connectivity index (χ0v) is 11.4. The van der Waals surface area contributed by atoms with Crippen LogP contribution in [0.1, 0.15) is 53.9 Å². The van der Waals surface area contributed by atoms with Gasteiger partial charge in [-0.1, -0.05) is 26.7 Å². The van der Waals surface area contributed by atoms with Gasteiger partial charge in [0.05, 0.1) is 12.2 Å². The van der Waals surface area contributed by atoms with Crippen LogP contribution in [0.5, 0.6) is 0 Å². The minimum atomic E-state index is -0.0248. The van der Waals surface area contributed by atoms with Gasteiger partial charge in [0.2, 0.25) is 0 Å². The van der Waals surface area contributed by atoms with Gasteiger partial charge in [0.25, 0.3) is 0 Å². The van der Waals surface area contributed by atoms with E-state index in [2.05, 4.69) is 39.9 Å². The molecular formula is C13H29NO. The first-order valence-corrected chi connectivity index (χ1v) is 6.24. The molecule has 15 heavy (non-hydrogen) atoms. The number of nitrogens with one attached hydrogen (secondary N) is 1. The molecule has 0 amide bonds. The van der Waals surface area contributed by atoms with Crippen LogP contribution in [0, 0.1) is 5.92 Å². The molecular weight excluding hydrogens is 186 g/mol. The van der Waals surface area contributed by atoms with E-state index in [0.717, 1.165) is 12.5 Å². The molecule has 0 saturated carbocycles. The second-order valence-corrected chi connectivity index (χ2v) is 5.33. The molecule has 2 nitrogen and oxygen atoms in total. The molecule has 0 radical (unpaired) electrons. The van der Waals surface area contributed by atoms with Crippen molar-refractivity contribution in [2.45, 2.75) is 65.5 Å². The molecule has 0 fully saturated rings. The molecule has 1 unspecified atom stereocenters. The summed E-state index contributed by atoms with van der Waals surface area (Å²) in [6, 6.07) is 0.495. The SMILES string of the molecule is CCC(CC)CC(COC(C)(C)C)NC. The average Bonchev–Trinajstić information content (AvgIpc) is 2.17. The fourth-order valence-electron chi connectivity index (χ4n) is 1.64. The summed E-state index contributed by atoms with van der Waals surface area (Å²) in [5, 5.41) is 3.35. The van der Waals surface area contributed by atoms with Gasteiger partial charge in [-0.25, -0.2) is 0 Å². The second-order valence-electron chi connectivity index (χ2n) is 5.33. The van der Waals surface area contributed by atoms with E-state index in [1.54, 1.807) is 0 Å². The topological polar surface area (TPSA) is 21.3 Å². The first kappa shape index (κ1) is 14.9. The van der Waals surface area contributed by atoms with Crippen molar-refractivity contribution in [3.8, 4) is 0 Å². The van der Waals surface area contributed by atoms with Crippen LogP contribution in [0.2, 0.25) is 0 Å². The van der Waals surface area contributed by atoms with Gasteiger partial charge >= 0.3 is 0 Å². The Bertz CT molecular complexity index is 147. The van der Waals surface area contributed by atoms with E-state index in [1.165, 1.54) is 19.3 Å². The van der Waals surface area contributed by atoms with Crippen LogP contribution in [0.25, 0.3) is 0 Å². The Kier molecular flexibility index (Phi) is 7.20. The lowest BCUT2D eigenvalue weighted by Gasteiger charge is -2.26. The summed E-state index contributed by atoms with van der Waals surface area (Å²) in [6.07, 6.45) is 3.76. The highest BCUT2D eigenvalue weighted by atomic mass is 16.5. The molecule has 0 saturated heterocycles. The number of rotatable bonds is 7. The van der Waals surface area contributed by atoms with Gasteiger partial charge in [0.15, 0.2) is 0 Å². The van der Waals surface area contributed by atoms with E-state index in [1.807, 2.05) is 7.05 Å². The van der Waals surface area contributed by atoms with Crippen LogP contribution in [-0.4, -0.2) is 25.3 Å². The summed E-state index contributed by atoms with van der Waals surface area (Å²) in [5.41, 5.74) is -0.0248. The summed E-state index contributed by atoms with van der Waals surface area (Å²) in [7, 11) is 2.03. The minimum Gasteiger partial charge on any atom is -0.374 e. The summed E-state index contributed by atoms with van der Waals surface area (Å²) >= 11 is 0. The maximum absolute atomic E-state index is 5.81. The molecule has 1 atom stereocenters. The molecule has 0 aromatic heterocycles. The van der Waals surface area contributed by atoms with Crippen molar-refractivity contribution < 1.29 is 4.74 Å². The van der Waals surface area contributed by atoms with E-state index in [-0.39, 0.29) is 5.60 Å². The van der Waals surface area contributed by atoms with Crippen molar-refractivity contribution in [3.63, 3.8) is 0 Å². The zero-order chi connectivity index (χ0) is 11.9. The van der Waals surface area contributed by atoms with Gasteiger partial charge in [-0.2, -0.15) is 0 Å². The number of hydrogen-bond acceptors (Lipinski definition) is 2. The van der Waals surface area contributed by atoms with Gasteiger partial charge in [0.1, 0.15) is 0 Å². The molecule has 0 aliphatic heterocycles. The van der Waals surface area contributed by atoms with Crippen molar-refractivity contribution in [3.05, 3.63) is 0 Å². The Morgan fingerprint density at radius 2 is 1.67 bits per heavy atom. The monoisotopic (exact) mass is 215 g/mol. The smallest absolute Gasteiger partial charge is 0.0626 e. The van der Waals surface area contributed by atoms with Gasteiger partial charge in [-0.3, -0.25) is 0 Å². The highest BCUT2D eigenvalue weighted by Crippen LogP contribution is 2.16. The average molecular weight is 215 g/mol. The quantitative estimate of drug-likeness (QED) is 0.704. The minimum absolute atomic E-state index is 0.0248. The molecule has 2 heteroatoms. The fourth-order valence-corrected chi connectivity index (χ4v) is 1.64. The van der Waals surface area contributed by atoms with Crippen LogP contribution in [0.4, 0.5) is 0 Å². The summed E-state index contributed by atoms with van der Waals surface area (Å²) in [6.45, 7) is 11.7. The second kappa shape index (κ2) is 7.24. The molecule has 0 aliphatic carbocycles. The maximum atomic E-state index is 5.81. The molecule has 0 aliphatic rings. The molecule has 0 spiro atoms. The van der Waals surface area contributed by atoms with E-state index < -0.39 is 0 Å². The summed E-state index contributed by atoms with van der Waals surface area (Å²) < 4.78 is 5.81. The number of likely N-dealkylation sites (N-methyl/N-ethyl adjacent to an activating group) is 1. The number of ether oxygens (including phenoxy) is 1. The largest absolute Gasteiger partial charge is 0.374 e. The summed E-state index contributed by atoms with van der Waals surface area (Å²) in [5.74, 6) is 0.825. The van der Waals surface area contributed by atoms with Gasteiger partial charge in [-0.15, -0.1) is 0 Å². The Morgan fingerprint density at radius 1 is 1.13 bits per heavy atom. The van der Waals surface area contributed by atoms with E-state index in [9.17, 15) is 0 Å². The molecule has 0 bridgehead atoms. The van der Waals surface area contributed by atoms with Crippen molar-refractivity contribution in [2.75, 3.05) is 13.7 Å². The third-order valence-corrected chi connectivity index (χ3v) is 2.90. The Hall–Kier alpha value is -0.0800. The molecule has 0 rings (SSSR count). The predicted molar refractivity (Wildman–Crippen MR) is 67.2 cm³/mol. The van der Waals surface area contributed by atoms with E-state index in [4.69, 9.17) is 4.74 Å². The lowest BCUT2D eigenvalue weighted by Crippen LogP contribution is -2.35. The van der Waals surface area contributed by atoms with E-state index >= 15 is 0 Å². The van der Waals surface area contributed by atoms with Crippen LogP contribution >= 0.6 is 0 Å². The highest BCUT2D eigenvalue weighted by molar-refractivity contribution is 4.71. The Morgan fingerprint density at radius 3 is 2.00 bits per heavy atom. The normalized spacial score (nSPS) is 14.6. The Labute approximate surface area is 95.8 Å². The van der Waals surface area contributed by atoms with Crippen molar-refractivity contribution in [2.24, 2.45) is 5.92 Å². The van der Waals surface area contributed by atoms with Crippen LogP contribution in [0.15, 0.2) is 0 Å². The predicted octanol–water partition coefficient (Wildman–Crippen LogP) is 3.22. The molecule has 0 heterocycles. The van der Waals surface area contributed by atoms with Crippen molar-refractivity contribution in [1.82, 2.24) is 5.32 Å². The summed E-state index contributed by atoms with van der Waals surface area (Å²) in [4.78, 5) is 0. The lowest BCUT2D eigenvalue weighted by atomic mass is 9.95. The highest BCUT2D eigenvalue weighted by Gasteiger charge is 2.16. The standard InChI is InChI=1S/C13H29NO/c1-7-11(8-2)9-12(14-6)10-15-13(3,4)5/h11-12,14H,7-10H2,1-6H3. The first-order chi connectivity index (χ1) is 6.92.